The summed E-state index contributed by atoms with van der Waals surface area (Å²) in [4.78, 5) is 11.2. The lowest BCUT2D eigenvalue weighted by molar-refractivity contribution is 0.716. The zero-order valence-corrected chi connectivity index (χ0v) is 14.4. The highest BCUT2D eigenvalue weighted by Gasteiger charge is 2.19. The minimum atomic E-state index is 0.560. The lowest BCUT2D eigenvalue weighted by Crippen LogP contribution is -2.32. The molecule has 26 heavy (non-hydrogen) atoms. The number of nitriles is 1. The molecule has 3 aromatic rings. The van der Waals surface area contributed by atoms with Crippen LogP contribution in [0, 0.1) is 11.3 Å². The number of nitrogens with one attached hydrogen (secondary N) is 1. The molecule has 128 valence electrons. The zero-order chi connectivity index (χ0) is 17.8. The molecule has 2 aromatic heterocycles. The van der Waals surface area contributed by atoms with E-state index in [2.05, 4.69) is 56.6 Å². The van der Waals surface area contributed by atoms with Gasteiger partial charge < -0.3 is 10.2 Å². The Balaban J connectivity index is 1.51. The average Bonchev–Trinajstić information content (AvgIpc) is 2.72. The molecular formula is C21H19N5. The fourth-order valence-electron chi connectivity index (χ4n) is 3.28. The molecule has 0 fully saturated rings. The van der Waals surface area contributed by atoms with Gasteiger partial charge in [0.05, 0.1) is 5.56 Å². The first-order chi connectivity index (χ1) is 12.8. The molecule has 5 nitrogen and oxygen atoms in total. The van der Waals surface area contributed by atoms with Crippen molar-refractivity contribution in [3.63, 3.8) is 0 Å². The SMILES string of the molecule is N#Cc1ccc(NCc2cccnc2N2CCc3ccccc3C2)nc1. The normalized spacial score (nSPS) is 13.0. The van der Waals surface area contributed by atoms with Crippen LogP contribution in [0.5, 0.6) is 0 Å². The minimum absolute atomic E-state index is 0.560. The molecule has 3 heterocycles. The predicted molar refractivity (Wildman–Crippen MR) is 102 cm³/mol. The second-order valence-corrected chi connectivity index (χ2v) is 6.32. The first-order valence-corrected chi connectivity index (χ1v) is 8.69. The van der Waals surface area contributed by atoms with Gasteiger partial charge in [0.2, 0.25) is 0 Å². The Hall–Kier alpha value is -3.39. The van der Waals surface area contributed by atoms with Crippen molar-refractivity contribution < 1.29 is 0 Å². The van der Waals surface area contributed by atoms with E-state index >= 15 is 0 Å². The fourth-order valence-corrected chi connectivity index (χ4v) is 3.28. The molecule has 1 aliphatic rings. The smallest absolute Gasteiger partial charge is 0.133 e. The van der Waals surface area contributed by atoms with E-state index in [1.165, 1.54) is 11.1 Å². The summed E-state index contributed by atoms with van der Waals surface area (Å²) in [6.45, 7) is 2.49. The third kappa shape index (κ3) is 3.35. The Bertz CT molecular complexity index is 943. The summed E-state index contributed by atoms with van der Waals surface area (Å²) in [5.74, 6) is 1.77. The second-order valence-electron chi connectivity index (χ2n) is 6.32. The Morgan fingerprint density at radius 2 is 1.92 bits per heavy atom. The summed E-state index contributed by atoms with van der Waals surface area (Å²) in [5, 5.41) is 12.2. The molecule has 0 atom stereocenters. The maximum absolute atomic E-state index is 8.86. The number of aromatic nitrogens is 2. The van der Waals surface area contributed by atoms with Crippen LogP contribution in [0.3, 0.4) is 0 Å². The maximum Gasteiger partial charge on any atom is 0.133 e. The van der Waals surface area contributed by atoms with E-state index in [9.17, 15) is 0 Å². The number of hydrogen-bond acceptors (Lipinski definition) is 5. The van der Waals surface area contributed by atoms with Crippen LogP contribution in [-0.2, 0) is 19.5 Å². The highest BCUT2D eigenvalue weighted by Crippen LogP contribution is 2.26. The van der Waals surface area contributed by atoms with Gasteiger partial charge in [-0.3, -0.25) is 0 Å². The lowest BCUT2D eigenvalue weighted by Gasteiger charge is -2.31. The van der Waals surface area contributed by atoms with Crippen LogP contribution < -0.4 is 10.2 Å². The van der Waals surface area contributed by atoms with E-state index in [-0.39, 0.29) is 0 Å². The molecule has 1 aromatic carbocycles. The predicted octanol–water partition coefficient (Wildman–Crippen LogP) is 3.52. The standard InChI is InChI=1S/C21H19N5/c22-12-16-7-8-20(24-13-16)25-14-18-6-3-10-23-21(18)26-11-9-17-4-1-2-5-19(17)15-26/h1-8,10,13H,9,11,14-15H2,(H,24,25). The van der Waals surface area contributed by atoms with Gasteiger partial charge in [-0.15, -0.1) is 0 Å². The Kier molecular flexibility index (Phi) is 4.48. The molecule has 0 amide bonds. The summed E-state index contributed by atoms with van der Waals surface area (Å²) in [6.07, 6.45) is 4.46. The number of anilines is 2. The second kappa shape index (κ2) is 7.24. The van der Waals surface area contributed by atoms with Crippen molar-refractivity contribution in [1.82, 2.24) is 9.97 Å². The highest BCUT2D eigenvalue weighted by molar-refractivity contribution is 5.51. The van der Waals surface area contributed by atoms with E-state index in [1.807, 2.05) is 18.3 Å². The van der Waals surface area contributed by atoms with Crippen LogP contribution in [0.4, 0.5) is 11.6 Å². The quantitative estimate of drug-likeness (QED) is 0.786. The van der Waals surface area contributed by atoms with Crippen molar-refractivity contribution in [2.45, 2.75) is 19.5 Å². The van der Waals surface area contributed by atoms with Gasteiger partial charge in [-0.05, 0) is 35.7 Å². The average molecular weight is 341 g/mol. The Morgan fingerprint density at radius 1 is 1.04 bits per heavy atom. The molecule has 0 aliphatic carbocycles. The number of fused-ring (bicyclic) bond motifs is 1. The van der Waals surface area contributed by atoms with E-state index < -0.39 is 0 Å². The molecular weight excluding hydrogens is 322 g/mol. The van der Waals surface area contributed by atoms with E-state index in [0.717, 1.165) is 36.7 Å². The number of hydrogen-bond donors (Lipinski definition) is 1. The van der Waals surface area contributed by atoms with Crippen LogP contribution in [0.2, 0.25) is 0 Å². The largest absolute Gasteiger partial charge is 0.366 e. The van der Waals surface area contributed by atoms with E-state index in [0.29, 0.717) is 12.1 Å². The molecule has 1 N–H and O–H groups in total. The third-order valence-electron chi connectivity index (χ3n) is 4.65. The summed E-state index contributed by atoms with van der Waals surface area (Å²) >= 11 is 0. The van der Waals surface area contributed by atoms with Crippen molar-refractivity contribution in [2.75, 3.05) is 16.8 Å². The van der Waals surface area contributed by atoms with Crippen molar-refractivity contribution >= 4 is 11.6 Å². The molecule has 4 rings (SSSR count). The number of pyridine rings is 2. The van der Waals surface area contributed by atoms with Crippen LogP contribution in [0.15, 0.2) is 60.9 Å². The van der Waals surface area contributed by atoms with Gasteiger partial charge in [-0.2, -0.15) is 5.26 Å². The number of rotatable bonds is 4. The van der Waals surface area contributed by atoms with E-state index in [4.69, 9.17) is 5.26 Å². The number of nitrogens with zero attached hydrogens (tertiary/aromatic N) is 4. The lowest BCUT2D eigenvalue weighted by atomic mass is 9.99. The molecule has 0 bridgehead atoms. The summed E-state index contributed by atoms with van der Waals surface area (Å²) in [5.41, 5.74) is 4.50. The molecule has 0 unspecified atom stereocenters. The zero-order valence-electron chi connectivity index (χ0n) is 14.4. The monoisotopic (exact) mass is 341 g/mol. The Morgan fingerprint density at radius 3 is 2.73 bits per heavy atom. The molecule has 1 aliphatic heterocycles. The molecule has 0 radical (unpaired) electrons. The topological polar surface area (TPSA) is 64.8 Å². The van der Waals surface area contributed by atoms with Crippen LogP contribution >= 0.6 is 0 Å². The minimum Gasteiger partial charge on any atom is -0.366 e. The van der Waals surface area contributed by atoms with Gasteiger partial charge in [-0.1, -0.05) is 30.3 Å². The van der Waals surface area contributed by atoms with Crippen LogP contribution in [0.25, 0.3) is 0 Å². The van der Waals surface area contributed by atoms with Gasteiger partial charge in [0.15, 0.2) is 0 Å². The highest BCUT2D eigenvalue weighted by atomic mass is 15.2. The van der Waals surface area contributed by atoms with Gasteiger partial charge in [0, 0.05) is 37.6 Å². The van der Waals surface area contributed by atoms with Crippen LogP contribution in [0.1, 0.15) is 22.3 Å². The first-order valence-electron chi connectivity index (χ1n) is 8.69. The van der Waals surface area contributed by atoms with Gasteiger partial charge in [-0.25, -0.2) is 9.97 Å². The summed E-state index contributed by atoms with van der Waals surface area (Å²) in [6, 6.07) is 18.3. The van der Waals surface area contributed by atoms with Crippen LogP contribution in [-0.4, -0.2) is 16.5 Å². The molecule has 0 saturated carbocycles. The molecule has 0 saturated heterocycles. The van der Waals surface area contributed by atoms with Crippen molar-refractivity contribution in [3.05, 3.63) is 83.2 Å². The third-order valence-corrected chi connectivity index (χ3v) is 4.65. The van der Waals surface area contributed by atoms with Gasteiger partial charge >= 0.3 is 0 Å². The van der Waals surface area contributed by atoms with Gasteiger partial charge in [0.1, 0.15) is 17.7 Å². The number of benzene rings is 1. The Labute approximate surface area is 153 Å². The van der Waals surface area contributed by atoms with Gasteiger partial charge in [0.25, 0.3) is 0 Å². The van der Waals surface area contributed by atoms with E-state index in [1.54, 1.807) is 12.3 Å². The van der Waals surface area contributed by atoms with Crippen molar-refractivity contribution in [2.24, 2.45) is 0 Å². The summed E-state index contributed by atoms with van der Waals surface area (Å²) < 4.78 is 0. The first kappa shape index (κ1) is 16.1. The molecule has 5 heteroatoms. The molecule has 0 spiro atoms. The fraction of sp³-hybridized carbons (Fsp3) is 0.190. The summed E-state index contributed by atoms with van der Waals surface area (Å²) in [7, 11) is 0. The van der Waals surface area contributed by atoms with Crippen molar-refractivity contribution in [3.8, 4) is 6.07 Å². The van der Waals surface area contributed by atoms with Crippen molar-refractivity contribution in [1.29, 1.82) is 5.26 Å². The maximum atomic E-state index is 8.86.